The lowest BCUT2D eigenvalue weighted by molar-refractivity contribution is -0.111. The van der Waals surface area contributed by atoms with Crippen molar-refractivity contribution in [3.05, 3.63) is 48.3 Å². The van der Waals surface area contributed by atoms with Gasteiger partial charge in [0.15, 0.2) is 5.82 Å². The lowest BCUT2D eigenvalue weighted by Gasteiger charge is -2.23. The first-order valence-corrected chi connectivity index (χ1v) is 7.54. The van der Waals surface area contributed by atoms with Gasteiger partial charge in [-0.25, -0.2) is 0 Å². The number of nitrogens with one attached hydrogen (secondary N) is 2. The van der Waals surface area contributed by atoms with E-state index in [0.717, 1.165) is 0 Å². The van der Waals surface area contributed by atoms with Gasteiger partial charge in [-0.3, -0.25) is 9.59 Å². The van der Waals surface area contributed by atoms with Crippen molar-refractivity contribution in [1.29, 1.82) is 0 Å². The van der Waals surface area contributed by atoms with Crippen LogP contribution in [0.1, 0.15) is 30.0 Å². The van der Waals surface area contributed by atoms with Crippen LogP contribution in [0.15, 0.2) is 36.9 Å². The minimum Gasteiger partial charge on any atom is -0.331 e. The third-order valence-electron chi connectivity index (χ3n) is 3.18. The summed E-state index contributed by atoms with van der Waals surface area (Å²) >= 11 is 0. The first kappa shape index (κ1) is 17.3. The summed E-state index contributed by atoms with van der Waals surface area (Å²) in [4.78, 5) is 25.7. The average Bonchev–Trinajstić information content (AvgIpc) is 3.07. The van der Waals surface area contributed by atoms with Gasteiger partial charge in [-0.05, 0) is 36.3 Å². The van der Waals surface area contributed by atoms with Crippen molar-refractivity contribution in [2.45, 2.75) is 20.4 Å². The zero-order chi connectivity index (χ0) is 17.5. The van der Waals surface area contributed by atoms with Gasteiger partial charge in [0.1, 0.15) is 0 Å². The summed E-state index contributed by atoms with van der Waals surface area (Å²) in [5.74, 6) is 0.327. The summed E-state index contributed by atoms with van der Waals surface area (Å²) in [5, 5.41) is 16.3. The van der Waals surface area contributed by atoms with Crippen LogP contribution in [0, 0.1) is 5.92 Å². The Morgan fingerprint density at radius 3 is 2.58 bits per heavy atom. The Balaban J connectivity index is 2.12. The molecule has 1 aromatic carbocycles. The van der Waals surface area contributed by atoms with Gasteiger partial charge in [0.25, 0.3) is 5.91 Å². The Bertz CT molecular complexity index is 694. The standard InChI is InChI=1S/C16H20N6O2/c1-4-15(23)17-13-7-5-12(6-8-13)16(24)22(9-11(2)3)10-14-18-20-21-19-14/h4-8,11H,1,9-10H2,2-3H3,(H,17,23)(H,18,19,20,21). The fourth-order valence-corrected chi connectivity index (χ4v) is 2.15. The molecule has 0 unspecified atom stereocenters. The van der Waals surface area contributed by atoms with Gasteiger partial charge >= 0.3 is 0 Å². The van der Waals surface area contributed by atoms with Crippen LogP contribution in [0.5, 0.6) is 0 Å². The van der Waals surface area contributed by atoms with E-state index in [9.17, 15) is 9.59 Å². The van der Waals surface area contributed by atoms with Crippen LogP contribution in [0.2, 0.25) is 0 Å². The second-order valence-electron chi connectivity index (χ2n) is 5.68. The molecule has 8 nitrogen and oxygen atoms in total. The zero-order valence-electron chi connectivity index (χ0n) is 13.7. The number of carbonyl (C=O) groups excluding carboxylic acids is 2. The van der Waals surface area contributed by atoms with Crippen LogP contribution in [0.3, 0.4) is 0 Å². The number of carbonyl (C=O) groups is 2. The molecule has 1 aromatic heterocycles. The number of hydrogen-bond acceptors (Lipinski definition) is 5. The molecule has 0 spiro atoms. The van der Waals surface area contributed by atoms with E-state index in [4.69, 9.17) is 0 Å². The van der Waals surface area contributed by atoms with Gasteiger partial charge < -0.3 is 10.2 Å². The molecule has 2 rings (SSSR count). The highest BCUT2D eigenvalue weighted by Gasteiger charge is 2.19. The normalized spacial score (nSPS) is 10.5. The molecule has 0 radical (unpaired) electrons. The number of H-pyrrole nitrogens is 1. The molecule has 0 aliphatic rings. The molecule has 24 heavy (non-hydrogen) atoms. The summed E-state index contributed by atoms with van der Waals surface area (Å²) in [6.07, 6.45) is 1.19. The highest BCUT2D eigenvalue weighted by molar-refractivity contribution is 5.99. The number of hydrogen-bond donors (Lipinski definition) is 2. The molecule has 0 fully saturated rings. The molecule has 2 amide bonds. The number of tetrazole rings is 1. The van der Waals surface area contributed by atoms with Gasteiger partial charge in [0, 0.05) is 17.8 Å². The largest absolute Gasteiger partial charge is 0.331 e. The first-order chi connectivity index (χ1) is 11.5. The fraction of sp³-hybridized carbons (Fsp3) is 0.312. The topological polar surface area (TPSA) is 104 Å². The van der Waals surface area contributed by atoms with Crippen LogP contribution < -0.4 is 5.32 Å². The van der Waals surface area contributed by atoms with Crippen LogP contribution >= 0.6 is 0 Å². The van der Waals surface area contributed by atoms with Crippen molar-refractivity contribution in [2.24, 2.45) is 5.92 Å². The van der Waals surface area contributed by atoms with Gasteiger partial charge in [0.05, 0.1) is 6.54 Å². The van der Waals surface area contributed by atoms with Crippen LogP contribution in [-0.2, 0) is 11.3 Å². The van der Waals surface area contributed by atoms with Crippen LogP contribution in [-0.4, -0.2) is 43.9 Å². The number of benzene rings is 1. The molecule has 0 saturated carbocycles. The maximum atomic E-state index is 12.7. The molecule has 0 aliphatic carbocycles. The summed E-state index contributed by atoms with van der Waals surface area (Å²) in [7, 11) is 0. The zero-order valence-corrected chi connectivity index (χ0v) is 13.7. The Hall–Kier alpha value is -3.03. The van der Waals surface area contributed by atoms with Crippen molar-refractivity contribution in [1.82, 2.24) is 25.5 Å². The summed E-state index contributed by atoms with van der Waals surface area (Å²) in [6, 6.07) is 6.70. The molecule has 2 aromatic rings. The molecule has 126 valence electrons. The summed E-state index contributed by atoms with van der Waals surface area (Å²) < 4.78 is 0. The molecular formula is C16H20N6O2. The molecular weight excluding hydrogens is 308 g/mol. The molecule has 0 bridgehead atoms. The lowest BCUT2D eigenvalue weighted by Crippen LogP contribution is -2.34. The molecule has 8 heteroatoms. The number of anilines is 1. The third kappa shape index (κ3) is 4.73. The number of aromatic nitrogens is 4. The highest BCUT2D eigenvalue weighted by atomic mass is 16.2. The molecule has 0 saturated heterocycles. The van der Waals surface area contributed by atoms with Crippen molar-refractivity contribution >= 4 is 17.5 Å². The number of nitrogens with zero attached hydrogens (tertiary/aromatic N) is 4. The minimum atomic E-state index is -0.299. The molecule has 1 heterocycles. The Morgan fingerprint density at radius 2 is 2.04 bits per heavy atom. The lowest BCUT2D eigenvalue weighted by atomic mass is 10.1. The first-order valence-electron chi connectivity index (χ1n) is 7.54. The second kappa shape index (κ2) is 8.00. The number of rotatable bonds is 7. The van der Waals surface area contributed by atoms with Crippen LogP contribution in [0.4, 0.5) is 5.69 Å². The molecule has 0 aliphatic heterocycles. The van der Waals surface area contributed by atoms with E-state index in [1.807, 2.05) is 13.8 Å². The van der Waals surface area contributed by atoms with Crippen molar-refractivity contribution in [2.75, 3.05) is 11.9 Å². The number of aromatic amines is 1. The maximum Gasteiger partial charge on any atom is 0.254 e. The highest BCUT2D eigenvalue weighted by Crippen LogP contribution is 2.14. The van der Waals surface area contributed by atoms with Crippen molar-refractivity contribution in [3.63, 3.8) is 0 Å². The predicted molar refractivity (Wildman–Crippen MR) is 89.0 cm³/mol. The van der Waals surface area contributed by atoms with E-state index in [1.165, 1.54) is 6.08 Å². The van der Waals surface area contributed by atoms with Gasteiger partial charge in [-0.15, -0.1) is 10.2 Å². The van der Waals surface area contributed by atoms with Gasteiger partial charge in [0.2, 0.25) is 5.91 Å². The van der Waals surface area contributed by atoms with Gasteiger partial charge in [-0.2, -0.15) is 5.21 Å². The molecule has 2 N–H and O–H groups in total. The van der Waals surface area contributed by atoms with Crippen molar-refractivity contribution in [3.8, 4) is 0 Å². The Labute approximate surface area is 139 Å². The van der Waals surface area contributed by atoms with E-state index >= 15 is 0 Å². The SMILES string of the molecule is C=CC(=O)Nc1ccc(C(=O)N(Cc2nn[nH]n2)CC(C)C)cc1. The average molecular weight is 328 g/mol. The van der Waals surface area contributed by atoms with Crippen molar-refractivity contribution < 1.29 is 9.59 Å². The van der Waals surface area contributed by atoms with E-state index in [0.29, 0.717) is 29.5 Å². The van der Waals surface area contributed by atoms with E-state index < -0.39 is 0 Å². The van der Waals surface area contributed by atoms with Gasteiger partial charge in [-0.1, -0.05) is 25.6 Å². The summed E-state index contributed by atoms with van der Waals surface area (Å²) in [5.41, 5.74) is 1.13. The van der Waals surface area contributed by atoms with Crippen LogP contribution in [0.25, 0.3) is 0 Å². The minimum absolute atomic E-state index is 0.130. The number of amides is 2. The Morgan fingerprint density at radius 1 is 1.33 bits per heavy atom. The third-order valence-corrected chi connectivity index (χ3v) is 3.18. The second-order valence-corrected chi connectivity index (χ2v) is 5.68. The predicted octanol–water partition coefficient (Wildman–Crippen LogP) is 1.62. The van der Waals surface area contributed by atoms with E-state index in [-0.39, 0.29) is 18.4 Å². The monoisotopic (exact) mass is 328 g/mol. The Kier molecular flexibility index (Phi) is 5.78. The fourth-order valence-electron chi connectivity index (χ4n) is 2.15. The maximum absolute atomic E-state index is 12.7. The summed E-state index contributed by atoms with van der Waals surface area (Å²) in [6.45, 7) is 8.31. The van der Waals surface area contributed by atoms with E-state index in [2.05, 4.69) is 32.5 Å². The molecule has 0 atom stereocenters. The van der Waals surface area contributed by atoms with E-state index in [1.54, 1.807) is 29.2 Å². The smallest absolute Gasteiger partial charge is 0.254 e. The quantitative estimate of drug-likeness (QED) is 0.752.